The van der Waals surface area contributed by atoms with Crippen LogP contribution in [0.2, 0.25) is 0 Å². The normalized spacial score (nSPS) is 18.9. The summed E-state index contributed by atoms with van der Waals surface area (Å²) in [5.41, 5.74) is 5.05. The second-order valence-electron chi connectivity index (χ2n) is 8.56. The van der Waals surface area contributed by atoms with E-state index in [9.17, 15) is 14.1 Å². The monoisotopic (exact) mass is 427 g/mol. The number of nitrogens with zero attached hydrogens (tertiary/aromatic N) is 1. The van der Waals surface area contributed by atoms with Crippen molar-refractivity contribution in [2.75, 3.05) is 5.32 Å². The summed E-state index contributed by atoms with van der Waals surface area (Å²) in [6, 6.07) is 3.11. The standard InChI is InChI=1S/C23H27N2O4S/c1-5-14-9-10-17-18(14)11-15-7-6-8-16(15)21(17)24-22(26)25-30(28)20-12-19(13(2)29-20)23(3,4)27/h5,11-12,14,27H,1,6-10H2,2-4H3,(H,24,26)/q-1/t14-/m0/s1. The number of fused-ring (bicyclic) bond motifs is 2. The average Bonchev–Trinajstić information content (AvgIpc) is 3.38. The third kappa shape index (κ3) is 3.72. The van der Waals surface area contributed by atoms with Gasteiger partial charge in [-0.25, -0.2) is 4.79 Å². The summed E-state index contributed by atoms with van der Waals surface area (Å²) >= 11 is 0. The Morgan fingerprint density at radius 2 is 2.10 bits per heavy atom. The van der Waals surface area contributed by atoms with Crippen molar-refractivity contribution >= 4 is 22.3 Å². The van der Waals surface area contributed by atoms with E-state index in [1.807, 2.05) is 6.08 Å². The second kappa shape index (κ2) is 7.71. The molecule has 2 N–H and O–H groups in total. The van der Waals surface area contributed by atoms with Gasteiger partial charge in [-0.3, -0.25) is 0 Å². The highest BCUT2D eigenvalue weighted by Gasteiger charge is 2.28. The number of aryl methyl sites for hydroxylation is 2. The van der Waals surface area contributed by atoms with Crippen molar-refractivity contribution in [2.24, 2.45) is 4.36 Å². The highest BCUT2D eigenvalue weighted by Crippen LogP contribution is 2.43. The van der Waals surface area contributed by atoms with E-state index in [2.05, 4.69) is 22.3 Å². The van der Waals surface area contributed by atoms with Gasteiger partial charge >= 0.3 is 6.03 Å². The molecule has 0 bridgehead atoms. The zero-order valence-corrected chi connectivity index (χ0v) is 18.4. The SMILES string of the molecule is C=C[C@H]1CCc2c1cc1c(c2NC(=O)N=[S-](=O)c2cc(C(C)(C)O)c(C)o2)CCC1. The molecule has 2 aliphatic rings. The Labute approximate surface area is 178 Å². The molecule has 1 heterocycles. The Bertz CT molecular complexity index is 1120. The lowest BCUT2D eigenvalue weighted by Crippen LogP contribution is -2.15. The topological polar surface area (TPSA) is 91.9 Å². The summed E-state index contributed by atoms with van der Waals surface area (Å²) in [4.78, 5) is 12.7. The van der Waals surface area contributed by atoms with Crippen molar-refractivity contribution in [3.8, 4) is 0 Å². The second-order valence-corrected chi connectivity index (χ2v) is 9.64. The molecule has 7 heteroatoms. The number of urea groups is 1. The van der Waals surface area contributed by atoms with Gasteiger partial charge in [0, 0.05) is 17.2 Å². The molecule has 1 atom stereocenters. The van der Waals surface area contributed by atoms with E-state index in [1.165, 1.54) is 22.8 Å². The number of allylic oxidation sites excluding steroid dienone is 1. The molecule has 160 valence electrons. The van der Waals surface area contributed by atoms with Crippen LogP contribution in [0.3, 0.4) is 0 Å². The van der Waals surface area contributed by atoms with Crippen LogP contribution in [0.5, 0.6) is 0 Å². The predicted octanol–water partition coefficient (Wildman–Crippen LogP) is 5.26. The number of hydrogen-bond acceptors (Lipinski definition) is 5. The van der Waals surface area contributed by atoms with E-state index in [-0.39, 0.29) is 5.09 Å². The molecule has 30 heavy (non-hydrogen) atoms. The molecule has 1 aromatic carbocycles. The molecule has 2 aliphatic carbocycles. The van der Waals surface area contributed by atoms with Crippen LogP contribution in [0.4, 0.5) is 10.5 Å². The summed E-state index contributed by atoms with van der Waals surface area (Å²) in [6.45, 7) is 8.87. The van der Waals surface area contributed by atoms with Crippen LogP contribution in [-0.4, -0.2) is 11.1 Å². The number of carbonyl (C=O) groups excluding carboxylic acids is 1. The van der Waals surface area contributed by atoms with Gasteiger partial charge < -0.3 is 23.4 Å². The molecule has 1 aromatic heterocycles. The summed E-state index contributed by atoms with van der Waals surface area (Å²) < 4.78 is 21.9. The highest BCUT2D eigenvalue weighted by atomic mass is 32.2. The van der Waals surface area contributed by atoms with Crippen molar-refractivity contribution in [1.82, 2.24) is 0 Å². The Balaban J connectivity index is 1.64. The lowest BCUT2D eigenvalue weighted by atomic mass is 9.95. The lowest BCUT2D eigenvalue weighted by Gasteiger charge is -2.16. The van der Waals surface area contributed by atoms with Crippen LogP contribution in [0.25, 0.3) is 0 Å². The van der Waals surface area contributed by atoms with E-state index in [0.29, 0.717) is 17.2 Å². The molecule has 0 fully saturated rings. The van der Waals surface area contributed by atoms with Crippen LogP contribution in [0, 0.1) is 6.92 Å². The van der Waals surface area contributed by atoms with E-state index in [4.69, 9.17) is 4.42 Å². The van der Waals surface area contributed by atoms with Gasteiger partial charge in [0.1, 0.15) is 5.76 Å². The van der Waals surface area contributed by atoms with Crippen LogP contribution in [-0.2, 0) is 39.7 Å². The first-order chi connectivity index (χ1) is 14.2. The fraction of sp³-hybridized carbons (Fsp3) is 0.435. The zero-order chi connectivity index (χ0) is 21.6. The van der Waals surface area contributed by atoms with Crippen LogP contribution < -0.4 is 5.32 Å². The van der Waals surface area contributed by atoms with Gasteiger partial charge in [-0.05, 0) is 81.2 Å². The molecule has 0 saturated carbocycles. The number of anilines is 1. The minimum absolute atomic E-state index is 0.0509. The third-order valence-corrected chi connectivity index (χ3v) is 6.93. The van der Waals surface area contributed by atoms with Crippen molar-refractivity contribution in [1.29, 1.82) is 0 Å². The first kappa shape index (κ1) is 20.9. The molecule has 0 radical (unpaired) electrons. The minimum atomic E-state index is -2.00. The molecule has 0 spiro atoms. The Morgan fingerprint density at radius 1 is 1.33 bits per heavy atom. The smallest absolute Gasteiger partial charge is 0.322 e. The Hall–Kier alpha value is -2.38. The number of hydrogen-bond donors (Lipinski definition) is 2. The molecule has 0 saturated heterocycles. The Kier molecular flexibility index (Phi) is 5.36. The zero-order valence-electron chi connectivity index (χ0n) is 17.6. The molecule has 0 unspecified atom stereocenters. The van der Waals surface area contributed by atoms with Crippen LogP contribution in [0.15, 0.2) is 38.7 Å². The summed E-state index contributed by atoms with van der Waals surface area (Å²) in [7, 11) is -2.00. The first-order valence-corrected chi connectivity index (χ1v) is 11.4. The molecular formula is C23H27N2O4S-. The maximum atomic E-state index is 12.7. The molecule has 2 amide bonds. The van der Waals surface area contributed by atoms with Crippen molar-refractivity contribution in [2.45, 2.75) is 69.5 Å². The fourth-order valence-corrected chi connectivity index (χ4v) is 5.36. The lowest BCUT2D eigenvalue weighted by molar-refractivity contribution is 0.0769. The fourth-order valence-electron chi connectivity index (χ4n) is 4.66. The van der Waals surface area contributed by atoms with Gasteiger partial charge in [-0.15, -0.1) is 17.2 Å². The molecule has 6 nitrogen and oxygen atoms in total. The van der Waals surface area contributed by atoms with Gasteiger partial charge in [0.15, 0.2) is 0 Å². The van der Waals surface area contributed by atoms with Gasteiger partial charge in [0.25, 0.3) is 0 Å². The largest absolute Gasteiger partial charge is 0.485 e. The van der Waals surface area contributed by atoms with Crippen molar-refractivity contribution < 1.29 is 18.5 Å². The van der Waals surface area contributed by atoms with E-state index in [1.54, 1.807) is 20.8 Å². The maximum absolute atomic E-state index is 12.7. The van der Waals surface area contributed by atoms with Crippen molar-refractivity contribution in [3.05, 3.63) is 58.4 Å². The van der Waals surface area contributed by atoms with E-state index >= 15 is 0 Å². The van der Waals surface area contributed by atoms with Crippen LogP contribution in [0.1, 0.15) is 66.2 Å². The highest BCUT2D eigenvalue weighted by molar-refractivity contribution is 7.75. The van der Waals surface area contributed by atoms with Crippen molar-refractivity contribution in [3.63, 3.8) is 0 Å². The van der Waals surface area contributed by atoms with E-state index < -0.39 is 22.2 Å². The number of nitrogens with one attached hydrogen (secondary N) is 1. The summed E-state index contributed by atoms with van der Waals surface area (Å²) in [6.07, 6.45) is 6.83. The number of amides is 2. The Morgan fingerprint density at radius 3 is 2.77 bits per heavy atom. The minimum Gasteiger partial charge on any atom is -0.485 e. The van der Waals surface area contributed by atoms with Gasteiger partial charge in [-0.1, -0.05) is 12.1 Å². The van der Waals surface area contributed by atoms with Crippen LogP contribution >= 0.6 is 0 Å². The van der Waals surface area contributed by atoms with Gasteiger partial charge in [0.05, 0.1) is 10.7 Å². The predicted molar refractivity (Wildman–Crippen MR) is 116 cm³/mol. The maximum Gasteiger partial charge on any atom is 0.322 e. The quantitative estimate of drug-likeness (QED) is 0.514. The number of rotatable bonds is 4. The number of furan rings is 1. The molecule has 2 aromatic rings. The number of aliphatic hydroxyl groups is 1. The van der Waals surface area contributed by atoms with Gasteiger partial charge in [0.2, 0.25) is 0 Å². The van der Waals surface area contributed by atoms with E-state index in [0.717, 1.165) is 43.4 Å². The molecule has 4 rings (SSSR count). The summed E-state index contributed by atoms with van der Waals surface area (Å²) in [5, 5.41) is 13.2. The average molecular weight is 428 g/mol. The molecular weight excluding hydrogens is 400 g/mol. The number of carbonyl (C=O) groups is 1. The molecule has 0 aliphatic heterocycles. The third-order valence-electron chi connectivity index (χ3n) is 6.06. The number of benzene rings is 1. The summed E-state index contributed by atoms with van der Waals surface area (Å²) in [5.74, 6) is 0.759. The first-order valence-electron chi connectivity index (χ1n) is 10.3. The van der Waals surface area contributed by atoms with Gasteiger partial charge in [-0.2, -0.15) is 0 Å².